The Kier molecular flexibility index (Phi) is 3.87. The number of carboxylic acid groups (broad SMARTS) is 1. The number of aromatic nitrogens is 2. The lowest BCUT2D eigenvalue weighted by Crippen LogP contribution is -2.45. The molecule has 0 bridgehead atoms. The smallest absolute Gasteiger partial charge is 0.331 e. The minimum atomic E-state index is -1.10. The van der Waals surface area contributed by atoms with Gasteiger partial charge < -0.3 is 10.4 Å². The Morgan fingerprint density at radius 3 is 3.00 bits per heavy atom. The third-order valence-electron chi connectivity index (χ3n) is 2.62. The van der Waals surface area contributed by atoms with E-state index in [9.17, 15) is 9.59 Å². The average Bonchev–Trinajstić information content (AvgIpc) is 2.95. The molecule has 0 spiro atoms. The van der Waals surface area contributed by atoms with E-state index in [2.05, 4.69) is 15.7 Å². The van der Waals surface area contributed by atoms with Crippen molar-refractivity contribution in [3.8, 4) is 0 Å². The Balaban J connectivity index is 2.07. The Bertz CT molecular complexity index is 456. The molecule has 2 unspecified atom stereocenters. The highest BCUT2D eigenvalue weighted by atomic mass is 32.2. The van der Waals surface area contributed by atoms with Crippen LogP contribution in [0.25, 0.3) is 0 Å². The quantitative estimate of drug-likeness (QED) is 0.671. The van der Waals surface area contributed by atoms with Crippen LogP contribution in [0, 0.1) is 0 Å². The number of carbonyl (C=O) groups is 2. The number of amides is 1. The zero-order valence-electron chi connectivity index (χ0n) is 9.79. The molecular weight excluding hydrogens is 256 g/mol. The van der Waals surface area contributed by atoms with Crippen molar-refractivity contribution in [1.29, 1.82) is 0 Å². The molecule has 0 aromatic carbocycles. The van der Waals surface area contributed by atoms with E-state index >= 15 is 0 Å². The second-order valence-electron chi connectivity index (χ2n) is 4.00. The number of hydrogen-bond donors (Lipinski definition) is 3. The normalized spacial score (nSPS) is 20.6. The van der Waals surface area contributed by atoms with Crippen molar-refractivity contribution in [1.82, 2.24) is 20.4 Å². The summed E-state index contributed by atoms with van der Waals surface area (Å²) >= 11 is 1.61. The average molecular weight is 270 g/mol. The van der Waals surface area contributed by atoms with Crippen LogP contribution in [0.5, 0.6) is 0 Å². The fourth-order valence-electron chi connectivity index (χ4n) is 1.68. The van der Waals surface area contributed by atoms with Gasteiger partial charge in [-0.15, -0.1) is 11.8 Å². The van der Waals surface area contributed by atoms with Gasteiger partial charge in [-0.25, -0.2) is 4.79 Å². The summed E-state index contributed by atoms with van der Waals surface area (Å²) in [5, 5.41) is 18.6. The van der Waals surface area contributed by atoms with E-state index < -0.39 is 12.0 Å². The minimum absolute atomic E-state index is 0.295. The number of carboxylic acids is 1. The molecule has 0 radical (unpaired) electrons. The third kappa shape index (κ3) is 2.82. The molecule has 3 N–H and O–H groups in total. The molecular formula is C10H14N4O3S. The molecule has 2 rings (SSSR count). The van der Waals surface area contributed by atoms with Crippen molar-refractivity contribution in [3.63, 3.8) is 0 Å². The molecule has 1 amide bonds. The van der Waals surface area contributed by atoms with Crippen molar-refractivity contribution >= 4 is 23.6 Å². The van der Waals surface area contributed by atoms with E-state index in [1.54, 1.807) is 25.0 Å². The first-order valence-corrected chi connectivity index (χ1v) is 6.56. The number of nitrogens with one attached hydrogen (secondary N) is 2. The number of carbonyl (C=O) groups excluding carboxylic acids is 1. The first-order chi connectivity index (χ1) is 8.58. The molecule has 8 heteroatoms. The van der Waals surface area contributed by atoms with Crippen molar-refractivity contribution in [2.24, 2.45) is 7.05 Å². The molecule has 1 saturated heterocycles. The van der Waals surface area contributed by atoms with Crippen molar-refractivity contribution in [2.45, 2.75) is 12.1 Å². The van der Waals surface area contributed by atoms with Gasteiger partial charge in [-0.05, 0) is 0 Å². The van der Waals surface area contributed by atoms with Crippen molar-refractivity contribution in [3.05, 3.63) is 18.0 Å². The summed E-state index contributed by atoms with van der Waals surface area (Å²) in [6, 6.07) is -1.38. The van der Waals surface area contributed by atoms with Gasteiger partial charge in [0.15, 0.2) is 6.04 Å². The maximum atomic E-state index is 11.9. The number of nitrogens with zero attached hydrogens (tertiary/aromatic N) is 2. The van der Waals surface area contributed by atoms with Crippen LogP contribution in [0.4, 0.5) is 0 Å². The number of rotatable bonds is 4. The third-order valence-corrected chi connectivity index (χ3v) is 3.56. The summed E-state index contributed by atoms with van der Waals surface area (Å²) in [4.78, 5) is 23.0. The summed E-state index contributed by atoms with van der Waals surface area (Å²) in [6.07, 6.45) is 3.02. The van der Waals surface area contributed by atoms with Crippen LogP contribution < -0.4 is 10.6 Å². The molecule has 1 aliphatic heterocycles. The van der Waals surface area contributed by atoms with Gasteiger partial charge in [0.2, 0.25) is 5.91 Å². The van der Waals surface area contributed by atoms with Crippen LogP contribution in [0.3, 0.4) is 0 Å². The van der Waals surface area contributed by atoms with Crippen LogP contribution in [0.1, 0.15) is 11.6 Å². The first kappa shape index (κ1) is 12.9. The fraction of sp³-hybridized carbons (Fsp3) is 0.500. The van der Waals surface area contributed by atoms with E-state index in [4.69, 9.17) is 5.11 Å². The number of hydrogen-bond acceptors (Lipinski definition) is 5. The molecule has 1 fully saturated rings. The Labute approximate surface area is 108 Å². The molecule has 0 aliphatic carbocycles. The van der Waals surface area contributed by atoms with Gasteiger partial charge >= 0.3 is 5.97 Å². The largest absolute Gasteiger partial charge is 0.479 e. The van der Waals surface area contributed by atoms with E-state index in [1.807, 2.05) is 0 Å². The zero-order valence-corrected chi connectivity index (χ0v) is 10.6. The summed E-state index contributed by atoms with van der Waals surface area (Å²) < 4.78 is 1.50. The molecule has 18 heavy (non-hydrogen) atoms. The Morgan fingerprint density at radius 1 is 1.72 bits per heavy atom. The summed E-state index contributed by atoms with van der Waals surface area (Å²) in [6.45, 7) is 0. The number of aliphatic carboxylic acids is 1. The van der Waals surface area contributed by atoms with Gasteiger partial charge in [0.25, 0.3) is 0 Å². The lowest BCUT2D eigenvalue weighted by atomic mass is 10.1. The molecule has 1 aromatic rings. The van der Waals surface area contributed by atoms with Crippen LogP contribution in [-0.4, -0.2) is 44.4 Å². The number of aryl methyl sites for hydroxylation is 1. The highest BCUT2D eigenvalue weighted by Gasteiger charge is 2.29. The monoisotopic (exact) mass is 270 g/mol. The standard InChI is InChI=1S/C10H14N4O3S/c1-14-3-6(2-12-14)8(10(16)17)13-9(15)7-4-18-5-11-7/h2-3,7-8,11H,4-5H2,1H3,(H,13,15)(H,16,17). The van der Waals surface area contributed by atoms with Gasteiger partial charge in [0.1, 0.15) is 0 Å². The summed E-state index contributed by atoms with van der Waals surface area (Å²) in [7, 11) is 1.69. The second-order valence-corrected chi connectivity index (χ2v) is 5.03. The van der Waals surface area contributed by atoms with Crippen LogP contribution in [-0.2, 0) is 16.6 Å². The number of thioether (sulfide) groups is 1. The maximum absolute atomic E-state index is 11.9. The molecule has 7 nitrogen and oxygen atoms in total. The lowest BCUT2D eigenvalue weighted by molar-refractivity contribution is -0.142. The van der Waals surface area contributed by atoms with E-state index in [-0.39, 0.29) is 11.9 Å². The van der Waals surface area contributed by atoms with Gasteiger partial charge in [0, 0.05) is 30.4 Å². The van der Waals surface area contributed by atoms with Crippen LogP contribution >= 0.6 is 11.8 Å². The minimum Gasteiger partial charge on any atom is -0.479 e. The van der Waals surface area contributed by atoms with E-state index in [0.29, 0.717) is 17.2 Å². The Morgan fingerprint density at radius 2 is 2.50 bits per heavy atom. The topological polar surface area (TPSA) is 96.2 Å². The molecule has 1 aromatic heterocycles. The molecule has 2 atom stereocenters. The van der Waals surface area contributed by atoms with Crippen molar-refractivity contribution < 1.29 is 14.7 Å². The van der Waals surface area contributed by atoms with Crippen LogP contribution in [0.2, 0.25) is 0 Å². The highest BCUT2D eigenvalue weighted by Crippen LogP contribution is 2.14. The molecule has 98 valence electrons. The summed E-state index contributed by atoms with van der Waals surface area (Å²) in [5.74, 6) is -0.0215. The SMILES string of the molecule is Cn1cc(C(NC(=O)C2CSCN2)C(=O)O)cn1. The van der Waals surface area contributed by atoms with Crippen molar-refractivity contribution in [2.75, 3.05) is 11.6 Å². The van der Waals surface area contributed by atoms with Crippen LogP contribution in [0.15, 0.2) is 12.4 Å². The van der Waals surface area contributed by atoms with Gasteiger partial charge in [-0.3, -0.25) is 14.8 Å². The lowest BCUT2D eigenvalue weighted by Gasteiger charge is -2.16. The van der Waals surface area contributed by atoms with Gasteiger partial charge in [0.05, 0.1) is 12.2 Å². The predicted octanol–water partition coefficient (Wildman–Crippen LogP) is -0.675. The second kappa shape index (κ2) is 5.40. The summed E-state index contributed by atoms with van der Waals surface area (Å²) in [5.41, 5.74) is 0.462. The fourth-order valence-corrected chi connectivity index (χ4v) is 2.63. The molecule has 1 aliphatic rings. The zero-order chi connectivity index (χ0) is 13.1. The maximum Gasteiger partial charge on any atom is 0.331 e. The van der Waals surface area contributed by atoms with Gasteiger partial charge in [-0.1, -0.05) is 0 Å². The van der Waals surface area contributed by atoms with E-state index in [1.165, 1.54) is 10.9 Å². The molecule has 0 saturated carbocycles. The van der Waals surface area contributed by atoms with E-state index in [0.717, 1.165) is 0 Å². The highest BCUT2D eigenvalue weighted by molar-refractivity contribution is 7.99. The Hall–Kier alpha value is -1.54. The molecule has 2 heterocycles. The first-order valence-electron chi connectivity index (χ1n) is 5.41. The van der Waals surface area contributed by atoms with Gasteiger partial charge in [-0.2, -0.15) is 5.10 Å². The predicted molar refractivity (Wildman–Crippen MR) is 66.0 cm³/mol.